The lowest BCUT2D eigenvalue weighted by molar-refractivity contribution is -0.140. The van der Waals surface area contributed by atoms with Crippen LogP contribution in [0.5, 0.6) is 0 Å². The third kappa shape index (κ3) is 13.6. The van der Waals surface area contributed by atoms with E-state index in [1.165, 1.54) is 12.8 Å². The molecule has 0 bridgehead atoms. The van der Waals surface area contributed by atoms with Crippen LogP contribution in [0, 0.1) is 5.92 Å². The van der Waals surface area contributed by atoms with Crippen LogP contribution in [0.3, 0.4) is 0 Å². The van der Waals surface area contributed by atoms with Gasteiger partial charge in [-0.15, -0.1) is 11.8 Å². The predicted molar refractivity (Wildman–Crippen MR) is 197 cm³/mol. The average molecular weight is 725 g/mol. The number of hydroxylamine groups is 2. The summed E-state index contributed by atoms with van der Waals surface area (Å²) >= 11 is 1.82. The van der Waals surface area contributed by atoms with Crippen molar-refractivity contribution >= 4 is 40.7 Å². The first kappa shape index (κ1) is 44.3. The van der Waals surface area contributed by atoms with Crippen LogP contribution in [-0.2, 0) is 28.8 Å². The zero-order valence-electron chi connectivity index (χ0n) is 32.1. The second-order valence-electron chi connectivity index (χ2n) is 14.4. The Labute approximate surface area is 304 Å². The Morgan fingerprint density at radius 1 is 0.740 bits per heavy atom. The Kier molecular flexibility index (Phi) is 19.1. The molecule has 0 spiro atoms. The summed E-state index contributed by atoms with van der Waals surface area (Å²) < 4.78 is 0. The monoisotopic (exact) mass is 724 g/mol. The summed E-state index contributed by atoms with van der Waals surface area (Å²) in [6.07, 6.45) is 10.1. The van der Waals surface area contributed by atoms with E-state index in [0.29, 0.717) is 37.2 Å². The van der Waals surface area contributed by atoms with Crippen molar-refractivity contribution in [1.29, 1.82) is 0 Å². The van der Waals surface area contributed by atoms with Crippen LogP contribution in [0.1, 0.15) is 73.1 Å². The molecule has 0 aromatic rings. The minimum absolute atomic E-state index is 0.00463. The van der Waals surface area contributed by atoms with Gasteiger partial charge in [-0.1, -0.05) is 12.2 Å². The summed E-state index contributed by atoms with van der Waals surface area (Å²) in [4.78, 5) is 65.8. The number of likely N-dealkylation sites (N-methyl/N-ethyl adjacent to an activating group) is 5. The van der Waals surface area contributed by atoms with Gasteiger partial charge < -0.3 is 5.11 Å². The van der Waals surface area contributed by atoms with Gasteiger partial charge in [0.05, 0.1) is 42.9 Å². The third-order valence-electron chi connectivity index (χ3n) is 10.4. The topological polar surface area (TPSA) is 143 Å². The first-order valence-electron chi connectivity index (χ1n) is 17.8. The van der Waals surface area contributed by atoms with E-state index in [9.17, 15) is 24.0 Å². The van der Waals surface area contributed by atoms with Gasteiger partial charge in [0, 0.05) is 44.9 Å². The number of carbonyl (C=O) groups excluding carboxylic acids is 5. The normalized spacial score (nSPS) is 32.7. The van der Waals surface area contributed by atoms with E-state index >= 15 is 0 Å². The van der Waals surface area contributed by atoms with Gasteiger partial charge in [-0.05, 0) is 100 Å². The van der Waals surface area contributed by atoms with Gasteiger partial charge >= 0.3 is 0 Å². The third-order valence-corrected chi connectivity index (χ3v) is 11.5. The predicted octanol–water partition coefficient (Wildman–Crippen LogP) is 1.83. The number of ketones is 5. The van der Waals surface area contributed by atoms with Crippen LogP contribution in [0.15, 0.2) is 12.2 Å². The van der Waals surface area contributed by atoms with E-state index in [1.54, 1.807) is 46.7 Å². The number of nitrogens with one attached hydrogen (secondary N) is 1. The highest BCUT2D eigenvalue weighted by atomic mass is 32.2. The summed E-state index contributed by atoms with van der Waals surface area (Å²) in [6.45, 7) is 10.4. The molecule has 0 aromatic heterocycles. The lowest BCUT2D eigenvalue weighted by atomic mass is 9.89. The molecule has 0 aromatic carbocycles. The van der Waals surface area contributed by atoms with E-state index in [0.717, 1.165) is 43.4 Å². The number of hydrazine groups is 1. The molecule has 0 amide bonds. The van der Waals surface area contributed by atoms with Crippen molar-refractivity contribution in [3.05, 3.63) is 12.2 Å². The van der Waals surface area contributed by atoms with Gasteiger partial charge in [-0.3, -0.25) is 48.9 Å². The van der Waals surface area contributed by atoms with E-state index < -0.39 is 0 Å². The number of allylic oxidation sites excluding steroid dienone is 1. The van der Waals surface area contributed by atoms with E-state index in [-0.39, 0.29) is 53.7 Å². The molecule has 6 rings (SSSR count). The molecule has 286 valence electrons. The van der Waals surface area contributed by atoms with Crippen LogP contribution < -0.4 is 5.43 Å². The first-order valence-corrected chi connectivity index (χ1v) is 19.0. The zero-order valence-corrected chi connectivity index (χ0v) is 32.9. The minimum Gasteiger partial charge on any atom is -0.392 e. The molecule has 1 aliphatic carbocycles. The minimum atomic E-state index is -0.307. The number of aliphatic hydroxyl groups is 1. The number of Topliss-reactive ketones (excluding diaryl/α,β-unsaturated/α-hetero) is 5. The molecule has 2 N–H and O–H groups in total. The molecule has 5 saturated heterocycles. The van der Waals surface area contributed by atoms with Gasteiger partial charge in [0.25, 0.3) is 0 Å². The van der Waals surface area contributed by atoms with Crippen LogP contribution in [0.4, 0.5) is 0 Å². The fraction of sp³-hybridized carbons (Fsp3) is 0.806. The van der Waals surface area contributed by atoms with Crippen molar-refractivity contribution in [3.63, 3.8) is 0 Å². The van der Waals surface area contributed by atoms with Crippen molar-refractivity contribution in [2.45, 2.75) is 115 Å². The Balaban J connectivity index is 0.000000219. The van der Waals surface area contributed by atoms with Crippen molar-refractivity contribution in [1.82, 2.24) is 30.2 Å². The molecule has 5 heterocycles. The average Bonchev–Trinajstić information content (AvgIpc) is 3.88. The lowest BCUT2D eigenvalue weighted by Crippen LogP contribution is -2.36. The maximum absolute atomic E-state index is 11.3. The van der Waals surface area contributed by atoms with Crippen LogP contribution >= 0.6 is 11.8 Å². The molecular weight excluding hydrogens is 660 g/mol. The quantitative estimate of drug-likeness (QED) is 0.398. The number of fused-ring (bicyclic) bond motifs is 1. The molecule has 14 heteroatoms. The SMILES string of the molecule is CC(=O)C1CC(O)CN1C.CC(=O)C1CC2CCC=CC2N1C.CC(=O)C1CCNN1C.CC(=O)C1CCON1C.CC(=O)C1CSCN1C. The highest BCUT2D eigenvalue weighted by Gasteiger charge is 2.40. The fourth-order valence-electron chi connectivity index (χ4n) is 7.31. The molecule has 6 aliphatic rings. The smallest absolute Gasteiger partial charge is 0.149 e. The van der Waals surface area contributed by atoms with Crippen molar-refractivity contribution < 1.29 is 33.9 Å². The maximum Gasteiger partial charge on any atom is 0.149 e. The number of rotatable bonds is 5. The molecular formula is C36H64N6O7S. The van der Waals surface area contributed by atoms with Crippen molar-refractivity contribution in [3.8, 4) is 0 Å². The second kappa shape index (κ2) is 21.6. The van der Waals surface area contributed by atoms with Crippen LogP contribution in [0.25, 0.3) is 0 Å². The lowest BCUT2D eigenvalue weighted by Gasteiger charge is -2.26. The first-order chi connectivity index (χ1) is 23.5. The highest BCUT2D eigenvalue weighted by molar-refractivity contribution is 7.99. The Morgan fingerprint density at radius 3 is 1.66 bits per heavy atom. The van der Waals surface area contributed by atoms with Crippen LogP contribution in [-0.4, -0.2) is 168 Å². The molecule has 0 radical (unpaired) electrons. The largest absolute Gasteiger partial charge is 0.392 e. The maximum atomic E-state index is 11.3. The Hall–Kier alpha value is -1.88. The number of likely N-dealkylation sites (tertiary alicyclic amines) is 2. The summed E-state index contributed by atoms with van der Waals surface area (Å²) in [5, 5.41) is 12.6. The number of hydrogen-bond donors (Lipinski definition) is 2. The highest BCUT2D eigenvalue weighted by Crippen LogP contribution is 2.35. The zero-order chi connectivity index (χ0) is 37.7. The summed E-state index contributed by atoms with van der Waals surface area (Å²) in [6, 6.07) is 0.973. The molecule has 5 aliphatic heterocycles. The van der Waals surface area contributed by atoms with E-state index in [1.807, 2.05) is 42.8 Å². The fourth-order valence-corrected chi connectivity index (χ4v) is 8.60. The number of aliphatic hydroxyl groups excluding tert-OH is 1. The van der Waals surface area contributed by atoms with E-state index in [2.05, 4.69) is 34.4 Å². The van der Waals surface area contributed by atoms with Gasteiger partial charge in [0.1, 0.15) is 28.9 Å². The van der Waals surface area contributed by atoms with E-state index in [4.69, 9.17) is 9.94 Å². The molecule has 50 heavy (non-hydrogen) atoms. The number of thioether (sulfide) groups is 1. The standard InChI is InChI=1S/C11H17NO.C7H13NO2.C6H12N2O.C6H11NO2.C6H11NOS/c1-8(13)11-7-9-5-3-4-6-10(9)12(11)2;1-5(9)7-3-6(10)4-8(7)2;1-5(9)6-3-4-7-8(6)2;1-5(8)6-3-4-9-7(6)2;1-5(8)6-3-9-4-7(6)2/h4,6,9-11H,3,5,7H2,1-2H3;6-7,10H,3-4H2,1-2H3;6-7H,3-4H2,1-2H3;2*6H,3-4H2,1-2H3. The summed E-state index contributed by atoms with van der Waals surface area (Å²) in [7, 11) is 9.62. The van der Waals surface area contributed by atoms with Gasteiger partial charge in [-0.2, -0.15) is 5.06 Å². The Bertz CT molecular complexity index is 1100. The van der Waals surface area contributed by atoms with Crippen molar-refractivity contribution in [2.75, 3.05) is 66.6 Å². The Morgan fingerprint density at radius 2 is 1.34 bits per heavy atom. The number of hydrogen-bond acceptors (Lipinski definition) is 14. The number of β-amino-alcohol motifs (C(OH)–C–C–N with tert-alkyl or cyclic N) is 1. The van der Waals surface area contributed by atoms with Gasteiger partial charge in [-0.25, -0.2) is 5.01 Å². The van der Waals surface area contributed by atoms with Gasteiger partial charge in [0.2, 0.25) is 0 Å². The molecule has 8 atom stereocenters. The molecule has 13 nitrogen and oxygen atoms in total. The van der Waals surface area contributed by atoms with Crippen LogP contribution in [0.2, 0.25) is 0 Å². The number of carbonyl (C=O) groups is 5. The molecule has 8 unspecified atom stereocenters. The molecule has 5 fully saturated rings. The summed E-state index contributed by atoms with van der Waals surface area (Å²) in [5.74, 6) is 3.92. The summed E-state index contributed by atoms with van der Waals surface area (Å²) in [5.41, 5.74) is 3.06. The molecule has 0 saturated carbocycles. The second-order valence-corrected chi connectivity index (χ2v) is 15.4. The number of nitrogens with zero attached hydrogens (tertiary/aromatic N) is 5. The van der Waals surface area contributed by atoms with Gasteiger partial charge in [0.15, 0.2) is 0 Å². The van der Waals surface area contributed by atoms with Crippen molar-refractivity contribution in [2.24, 2.45) is 5.92 Å².